The Hall–Kier alpha value is -1.75. The van der Waals surface area contributed by atoms with Crippen LogP contribution in [0.2, 0.25) is 0 Å². The maximum absolute atomic E-state index is 12.2. The zero-order valence-corrected chi connectivity index (χ0v) is 12.4. The minimum atomic E-state index is 0.0359. The number of rotatable bonds is 5. The Morgan fingerprint density at radius 1 is 1.38 bits per heavy atom. The van der Waals surface area contributed by atoms with Crippen LogP contribution in [0.5, 0.6) is 11.5 Å². The fourth-order valence-electron chi connectivity index (χ4n) is 3.19. The molecule has 1 aromatic rings. The van der Waals surface area contributed by atoms with Gasteiger partial charge in [-0.2, -0.15) is 0 Å². The van der Waals surface area contributed by atoms with Gasteiger partial charge in [0.05, 0.1) is 26.7 Å². The molecule has 1 aliphatic carbocycles. The number of fused-ring (bicyclic) bond motifs is 1. The molecular weight excluding hydrogens is 270 g/mol. The number of hydrogen-bond acceptors (Lipinski definition) is 4. The van der Waals surface area contributed by atoms with Crippen molar-refractivity contribution in [3.8, 4) is 11.5 Å². The molecule has 2 fully saturated rings. The fourth-order valence-corrected chi connectivity index (χ4v) is 3.19. The van der Waals surface area contributed by atoms with Gasteiger partial charge >= 0.3 is 0 Å². The number of methoxy groups -OCH3 is 2. The molecule has 0 unspecified atom stereocenters. The Labute approximate surface area is 124 Å². The van der Waals surface area contributed by atoms with Gasteiger partial charge in [-0.15, -0.1) is 0 Å². The maximum atomic E-state index is 12.2. The van der Waals surface area contributed by atoms with Gasteiger partial charge in [-0.1, -0.05) is 6.07 Å². The molecule has 0 spiro atoms. The van der Waals surface area contributed by atoms with Crippen molar-refractivity contribution in [2.45, 2.75) is 31.4 Å². The third-order valence-corrected chi connectivity index (χ3v) is 4.46. The summed E-state index contributed by atoms with van der Waals surface area (Å²) < 4.78 is 16.0. The van der Waals surface area contributed by atoms with Crippen molar-refractivity contribution in [2.75, 3.05) is 20.8 Å². The van der Waals surface area contributed by atoms with Gasteiger partial charge in [0.2, 0.25) is 5.91 Å². The van der Waals surface area contributed by atoms with Crippen LogP contribution in [0.1, 0.15) is 18.4 Å². The zero-order valence-electron chi connectivity index (χ0n) is 12.4. The predicted octanol–water partition coefficient (Wildman–Crippen LogP) is 1.54. The molecule has 5 nitrogen and oxygen atoms in total. The summed E-state index contributed by atoms with van der Waals surface area (Å²) in [5.74, 6) is 1.95. The molecule has 0 bridgehead atoms. The number of hydrogen-bond donors (Lipinski definition) is 1. The molecule has 3 rings (SSSR count). The lowest BCUT2D eigenvalue weighted by molar-refractivity contribution is -0.123. The first-order chi connectivity index (χ1) is 10.2. The van der Waals surface area contributed by atoms with Crippen LogP contribution in [0, 0.1) is 5.92 Å². The van der Waals surface area contributed by atoms with Crippen molar-refractivity contribution in [1.82, 2.24) is 5.32 Å². The Morgan fingerprint density at radius 2 is 2.24 bits per heavy atom. The molecular formula is C16H21NO4. The number of ether oxygens (including phenoxy) is 3. The summed E-state index contributed by atoms with van der Waals surface area (Å²) in [4.78, 5) is 12.2. The second kappa shape index (κ2) is 5.93. The van der Waals surface area contributed by atoms with Crippen molar-refractivity contribution in [1.29, 1.82) is 0 Å². The summed E-state index contributed by atoms with van der Waals surface area (Å²) in [5, 5.41) is 3.11. The average molecular weight is 291 g/mol. The van der Waals surface area contributed by atoms with E-state index in [2.05, 4.69) is 5.32 Å². The largest absolute Gasteiger partial charge is 0.497 e. The van der Waals surface area contributed by atoms with Crippen molar-refractivity contribution >= 4 is 5.91 Å². The van der Waals surface area contributed by atoms with E-state index < -0.39 is 0 Å². The first-order valence-corrected chi connectivity index (χ1v) is 7.33. The summed E-state index contributed by atoms with van der Waals surface area (Å²) in [5.41, 5.74) is 0.870. The van der Waals surface area contributed by atoms with Crippen LogP contribution >= 0.6 is 0 Å². The lowest BCUT2D eigenvalue weighted by atomic mass is 9.76. The van der Waals surface area contributed by atoms with Crippen LogP contribution in [0.15, 0.2) is 18.2 Å². The number of carbonyl (C=O) groups is 1. The molecule has 2 aliphatic rings. The van der Waals surface area contributed by atoms with E-state index >= 15 is 0 Å². The van der Waals surface area contributed by atoms with Crippen LogP contribution in [0.4, 0.5) is 0 Å². The van der Waals surface area contributed by atoms with Gasteiger partial charge in [-0.3, -0.25) is 4.79 Å². The second-order valence-corrected chi connectivity index (χ2v) is 5.63. The van der Waals surface area contributed by atoms with Crippen molar-refractivity contribution in [3.63, 3.8) is 0 Å². The van der Waals surface area contributed by atoms with Gasteiger partial charge < -0.3 is 19.5 Å². The van der Waals surface area contributed by atoms with Crippen molar-refractivity contribution in [3.05, 3.63) is 23.8 Å². The second-order valence-electron chi connectivity index (χ2n) is 5.63. The Morgan fingerprint density at radius 3 is 2.95 bits per heavy atom. The molecule has 1 saturated heterocycles. The average Bonchev–Trinajstić information content (AvgIpc) is 2.86. The molecule has 21 heavy (non-hydrogen) atoms. The normalized spacial score (nSPS) is 26.7. The predicted molar refractivity (Wildman–Crippen MR) is 77.6 cm³/mol. The number of carbonyl (C=O) groups excluding carboxylic acids is 1. The van der Waals surface area contributed by atoms with Crippen LogP contribution in [-0.4, -0.2) is 38.9 Å². The summed E-state index contributed by atoms with van der Waals surface area (Å²) in [6, 6.07) is 5.79. The van der Waals surface area contributed by atoms with E-state index in [1.54, 1.807) is 20.3 Å². The van der Waals surface area contributed by atoms with Crippen LogP contribution in [0.25, 0.3) is 0 Å². The Kier molecular flexibility index (Phi) is 4.01. The summed E-state index contributed by atoms with van der Waals surface area (Å²) in [6.45, 7) is 0.827. The molecule has 1 aliphatic heterocycles. The Balaban J connectivity index is 1.59. The zero-order chi connectivity index (χ0) is 14.8. The molecule has 1 N–H and O–H groups in total. The van der Waals surface area contributed by atoms with Crippen LogP contribution < -0.4 is 14.8 Å². The quantitative estimate of drug-likeness (QED) is 0.894. The lowest BCUT2D eigenvalue weighted by Gasteiger charge is -2.39. The molecule has 114 valence electrons. The third-order valence-electron chi connectivity index (χ3n) is 4.46. The van der Waals surface area contributed by atoms with Crippen LogP contribution in [0.3, 0.4) is 0 Å². The third kappa shape index (κ3) is 2.83. The van der Waals surface area contributed by atoms with Gasteiger partial charge in [-0.25, -0.2) is 0 Å². The first-order valence-electron chi connectivity index (χ1n) is 7.33. The lowest BCUT2D eigenvalue weighted by Crippen LogP contribution is -2.53. The highest BCUT2D eigenvalue weighted by atomic mass is 16.5. The van der Waals surface area contributed by atoms with Gasteiger partial charge in [-0.05, 0) is 18.9 Å². The van der Waals surface area contributed by atoms with E-state index in [4.69, 9.17) is 14.2 Å². The van der Waals surface area contributed by atoms with Crippen molar-refractivity contribution < 1.29 is 19.0 Å². The van der Waals surface area contributed by atoms with Gasteiger partial charge in [0.15, 0.2) is 0 Å². The first kappa shape index (κ1) is 14.2. The molecule has 1 aromatic carbocycles. The number of amides is 1. The molecule has 1 saturated carbocycles. The summed E-state index contributed by atoms with van der Waals surface area (Å²) in [7, 11) is 3.21. The highest BCUT2D eigenvalue weighted by Crippen LogP contribution is 2.38. The molecule has 3 atom stereocenters. The van der Waals surface area contributed by atoms with E-state index in [1.807, 2.05) is 12.1 Å². The summed E-state index contributed by atoms with van der Waals surface area (Å²) in [6.07, 6.45) is 2.69. The highest BCUT2D eigenvalue weighted by Gasteiger charge is 2.45. The number of benzene rings is 1. The van der Waals surface area contributed by atoms with E-state index in [0.717, 1.165) is 30.8 Å². The standard InChI is InChI=1S/C16H21NO4/c1-19-11-4-3-10(14(8-11)20-2)7-16(18)17-13-9-15-12(13)5-6-21-15/h3-4,8,12-13,15H,5-7,9H2,1-2H3,(H,17,18)/t12-,13+,15+/m1/s1. The molecule has 0 aromatic heterocycles. The van der Waals surface area contributed by atoms with E-state index in [9.17, 15) is 4.79 Å². The summed E-state index contributed by atoms with van der Waals surface area (Å²) >= 11 is 0. The molecule has 5 heteroatoms. The smallest absolute Gasteiger partial charge is 0.224 e. The number of nitrogens with one attached hydrogen (secondary N) is 1. The molecule has 1 amide bonds. The monoisotopic (exact) mass is 291 g/mol. The van der Waals surface area contributed by atoms with Crippen LogP contribution in [-0.2, 0) is 16.0 Å². The molecule has 1 heterocycles. The van der Waals surface area contributed by atoms with Gasteiger partial charge in [0.25, 0.3) is 0 Å². The highest BCUT2D eigenvalue weighted by molar-refractivity contribution is 5.80. The van der Waals surface area contributed by atoms with E-state index in [-0.39, 0.29) is 11.9 Å². The maximum Gasteiger partial charge on any atom is 0.224 e. The minimum absolute atomic E-state index is 0.0359. The Bertz CT molecular complexity index is 531. The van der Waals surface area contributed by atoms with Gasteiger partial charge in [0, 0.05) is 30.2 Å². The fraction of sp³-hybridized carbons (Fsp3) is 0.562. The van der Waals surface area contributed by atoms with Gasteiger partial charge in [0.1, 0.15) is 11.5 Å². The topological polar surface area (TPSA) is 56.8 Å². The SMILES string of the molecule is COc1ccc(CC(=O)N[C@H]2C[C@@H]3OCC[C@H]23)c(OC)c1. The molecule has 0 radical (unpaired) electrons. The minimum Gasteiger partial charge on any atom is -0.497 e. The van der Waals surface area contributed by atoms with E-state index in [1.165, 1.54) is 0 Å². The van der Waals surface area contributed by atoms with E-state index in [0.29, 0.717) is 24.2 Å². The van der Waals surface area contributed by atoms with Crippen molar-refractivity contribution in [2.24, 2.45) is 5.92 Å².